The molecule has 0 radical (unpaired) electrons. The lowest BCUT2D eigenvalue weighted by atomic mass is 9.78. The van der Waals surface area contributed by atoms with E-state index in [1.807, 2.05) is 25.1 Å². The summed E-state index contributed by atoms with van der Waals surface area (Å²) < 4.78 is 47.9. The SMILES string of the molecule is CNc1nc(Nc2ccc(-n3cnc(C)n3)c(OC)c2)nc2c1C(C)(C)CN2C1CC2(C(F)(F)F)CC12. The van der Waals surface area contributed by atoms with Gasteiger partial charge in [0.2, 0.25) is 5.95 Å². The molecule has 2 aliphatic carbocycles. The van der Waals surface area contributed by atoms with Crippen LogP contribution in [0.4, 0.5) is 36.4 Å². The largest absolute Gasteiger partial charge is 0.494 e. The van der Waals surface area contributed by atoms with Crippen LogP contribution >= 0.6 is 0 Å². The zero-order valence-electron chi connectivity index (χ0n) is 21.3. The number of hydrogen-bond donors (Lipinski definition) is 2. The molecular weight excluding hydrogens is 485 g/mol. The van der Waals surface area contributed by atoms with Crippen LogP contribution in [-0.4, -0.2) is 57.7 Å². The molecule has 3 aromatic rings. The molecule has 9 nitrogen and oxygen atoms in total. The van der Waals surface area contributed by atoms with Crippen molar-refractivity contribution in [1.29, 1.82) is 0 Å². The Labute approximate surface area is 212 Å². The molecule has 6 rings (SSSR count). The van der Waals surface area contributed by atoms with Gasteiger partial charge in [-0.1, -0.05) is 13.8 Å². The Morgan fingerprint density at radius 3 is 2.54 bits per heavy atom. The van der Waals surface area contributed by atoms with E-state index in [2.05, 4.69) is 39.5 Å². The van der Waals surface area contributed by atoms with Crippen molar-refractivity contribution in [2.75, 3.05) is 36.2 Å². The number of hydrogen-bond acceptors (Lipinski definition) is 8. The van der Waals surface area contributed by atoms with Crippen LogP contribution in [0, 0.1) is 18.3 Å². The number of aryl methyl sites for hydroxylation is 1. The van der Waals surface area contributed by atoms with E-state index in [0.717, 1.165) is 11.3 Å². The zero-order chi connectivity index (χ0) is 26.3. The van der Waals surface area contributed by atoms with Crippen LogP contribution in [0.3, 0.4) is 0 Å². The van der Waals surface area contributed by atoms with Crippen molar-refractivity contribution < 1.29 is 17.9 Å². The molecule has 0 saturated heterocycles. The van der Waals surface area contributed by atoms with Crippen LogP contribution in [-0.2, 0) is 5.41 Å². The van der Waals surface area contributed by atoms with Crippen LogP contribution in [0.5, 0.6) is 5.75 Å². The minimum absolute atomic E-state index is 0.124. The highest BCUT2D eigenvalue weighted by Crippen LogP contribution is 2.76. The maximum absolute atomic E-state index is 13.6. The molecular formula is C25H29F3N8O. The fourth-order valence-electron chi connectivity index (χ4n) is 6.10. The first-order chi connectivity index (χ1) is 17.5. The first-order valence-corrected chi connectivity index (χ1v) is 12.2. The fraction of sp³-hybridized carbons (Fsp3) is 0.520. The van der Waals surface area contributed by atoms with Gasteiger partial charge in [-0.05, 0) is 37.8 Å². The molecule has 2 fully saturated rings. The van der Waals surface area contributed by atoms with Gasteiger partial charge in [-0.3, -0.25) is 0 Å². The van der Waals surface area contributed by atoms with Gasteiger partial charge in [-0.25, -0.2) is 9.67 Å². The molecule has 37 heavy (non-hydrogen) atoms. The molecule has 0 spiro atoms. The Balaban J connectivity index is 1.32. The Morgan fingerprint density at radius 1 is 1.16 bits per heavy atom. The van der Waals surface area contributed by atoms with Crippen molar-refractivity contribution in [1.82, 2.24) is 24.7 Å². The summed E-state index contributed by atoms with van der Waals surface area (Å²) >= 11 is 0. The van der Waals surface area contributed by atoms with E-state index in [1.54, 1.807) is 25.2 Å². The summed E-state index contributed by atoms with van der Waals surface area (Å²) in [6.45, 7) is 6.58. The van der Waals surface area contributed by atoms with Crippen LogP contribution in [0.25, 0.3) is 5.69 Å². The maximum Gasteiger partial charge on any atom is 0.394 e. The number of fused-ring (bicyclic) bond motifs is 2. The Bertz CT molecular complexity index is 1390. The number of ether oxygens (including phenoxy) is 1. The average Bonchev–Trinajstić information content (AvgIpc) is 3.08. The quantitative estimate of drug-likeness (QED) is 0.493. The Kier molecular flexibility index (Phi) is 4.97. The normalized spacial score (nSPS) is 25.2. The third kappa shape index (κ3) is 3.51. The van der Waals surface area contributed by atoms with E-state index in [1.165, 1.54) is 0 Å². The minimum Gasteiger partial charge on any atom is -0.494 e. The topological polar surface area (TPSA) is 93.0 Å². The van der Waals surface area contributed by atoms with E-state index in [-0.39, 0.29) is 30.2 Å². The summed E-state index contributed by atoms with van der Waals surface area (Å²) in [5.41, 5.74) is 0.560. The number of benzene rings is 1. The zero-order valence-corrected chi connectivity index (χ0v) is 21.3. The van der Waals surface area contributed by atoms with E-state index in [4.69, 9.17) is 14.7 Å². The van der Waals surface area contributed by atoms with Gasteiger partial charge in [0.1, 0.15) is 35.2 Å². The minimum atomic E-state index is -4.14. The summed E-state index contributed by atoms with van der Waals surface area (Å²) in [5, 5.41) is 10.8. The van der Waals surface area contributed by atoms with Gasteiger partial charge in [0, 0.05) is 42.4 Å². The second-order valence-corrected chi connectivity index (χ2v) is 10.8. The fourth-order valence-corrected chi connectivity index (χ4v) is 6.10. The first-order valence-electron chi connectivity index (χ1n) is 12.2. The molecule has 12 heteroatoms. The van der Waals surface area contributed by atoms with E-state index in [9.17, 15) is 13.2 Å². The van der Waals surface area contributed by atoms with Crippen LogP contribution in [0.1, 0.15) is 38.1 Å². The van der Waals surface area contributed by atoms with Gasteiger partial charge in [0.15, 0.2) is 0 Å². The monoisotopic (exact) mass is 514 g/mol. The lowest BCUT2D eigenvalue weighted by Gasteiger charge is -2.42. The highest BCUT2D eigenvalue weighted by Gasteiger charge is 2.80. The summed E-state index contributed by atoms with van der Waals surface area (Å²) in [7, 11) is 3.37. The summed E-state index contributed by atoms with van der Waals surface area (Å²) in [6.07, 6.45) is -2.19. The predicted octanol–water partition coefficient (Wildman–Crippen LogP) is 4.60. The first kappa shape index (κ1) is 23.8. The molecule has 0 bridgehead atoms. The molecule has 1 aliphatic heterocycles. The smallest absolute Gasteiger partial charge is 0.394 e. The number of anilines is 4. The Morgan fingerprint density at radius 2 is 1.95 bits per heavy atom. The van der Waals surface area contributed by atoms with Crippen molar-refractivity contribution >= 4 is 23.3 Å². The summed E-state index contributed by atoms with van der Waals surface area (Å²) in [4.78, 5) is 15.8. The number of halogens is 3. The number of nitrogens with one attached hydrogen (secondary N) is 2. The van der Waals surface area contributed by atoms with Gasteiger partial charge in [0.05, 0.1) is 12.5 Å². The van der Waals surface area contributed by atoms with Gasteiger partial charge >= 0.3 is 6.18 Å². The van der Waals surface area contributed by atoms with E-state index >= 15 is 0 Å². The second-order valence-electron chi connectivity index (χ2n) is 10.8. The molecule has 1 aromatic carbocycles. The number of alkyl halides is 3. The summed E-state index contributed by atoms with van der Waals surface area (Å²) in [5.74, 6) is 2.58. The number of rotatable bonds is 6. The third-order valence-corrected chi connectivity index (χ3v) is 8.07. The van der Waals surface area contributed by atoms with Gasteiger partial charge < -0.3 is 20.3 Å². The molecule has 196 valence electrons. The molecule has 3 atom stereocenters. The van der Waals surface area contributed by atoms with Crippen molar-refractivity contribution in [3.8, 4) is 11.4 Å². The predicted molar refractivity (Wildman–Crippen MR) is 133 cm³/mol. The van der Waals surface area contributed by atoms with Gasteiger partial charge in [-0.15, -0.1) is 0 Å². The van der Waals surface area contributed by atoms with Crippen molar-refractivity contribution in [3.63, 3.8) is 0 Å². The lowest BCUT2D eigenvalue weighted by molar-refractivity contribution is -0.211. The highest BCUT2D eigenvalue weighted by molar-refractivity contribution is 5.72. The molecule has 3 unspecified atom stereocenters. The molecule has 2 saturated carbocycles. The van der Waals surface area contributed by atoms with Gasteiger partial charge in [0.25, 0.3) is 0 Å². The standard InChI is InChI=1S/C25H29F3N8O/c1-13-30-12-36(34-13)16-7-6-14(8-18(16)37-5)31-22-32-20(29-4)19-21(33-22)35(11-23(19,2)3)17-10-24(9-15(17)24)25(26,27)28/h6-8,12,15,17H,9-11H2,1-5H3,(H2,29,31,32,33). The highest BCUT2D eigenvalue weighted by atomic mass is 19.4. The van der Waals surface area contributed by atoms with Crippen molar-refractivity contribution in [2.45, 2.75) is 51.2 Å². The van der Waals surface area contributed by atoms with Crippen molar-refractivity contribution in [3.05, 3.63) is 35.9 Å². The van der Waals surface area contributed by atoms with Gasteiger partial charge in [-0.2, -0.15) is 28.2 Å². The van der Waals surface area contributed by atoms with E-state index in [0.29, 0.717) is 41.4 Å². The summed E-state index contributed by atoms with van der Waals surface area (Å²) in [6, 6.07) is 5.37. The van der Waals surface area contributed by atoms with Crippen molar-refractivity contribution in [2.24, 2.45) is 11.3 Å². The molecule has 2 aromatic heterocycles. The number of aromatic nitrogens is 5. The van der Waals surface area contributed by atoms with Crippen LogP contribution in [0.15, 0.2) is 24.5 Å². The van der Waals surface area contributed by atoms with E-state index < -0.39 is 11.6 Å². The van der Waals surface area contributed by atoms with Crippen LogP contribution < -0.4 is 20.3 Å². The molecule has 2 N–H and O–H groups in total. The molecule has 0 amide bonds. The second kappa shape index (κ2) is 7.72. The third-order valence-electron chi connectivity index (χ3n) is 8.07. The number of methoxy groups -OCH3 is 1. The van der Waals surface area contributed by atoms with Crippen LogP contribution in [0.2, 0.25) is 0 Å². The molecule has 3 aliphatic rings. The average molecular weight is 515 g/mol. The lowest BCUT2D eigenvalue weighted by Crippen LogP contribution is -2.51. The Hall–Kier alpha value is -3.57. The maximum atomic E-state index is 13.6. The molecule has 3 heterocycles. The number of nitrogens with zero attached hydrogens (tertiary/aromatic N) is 6.